The molecule has 2 heteroatoms. The molecule has 186 valence electrons. The SMILES string of the molecule is CCCCCCCCCCCCCCCCCCCn1ccnc1CCCc1ccccc1. The molecule has 2 rings (SSSR count). The molecule has 33 heavy (non-hydrogen) atoms. The van der Waals surface area contributed by atoms with Crippen LogP contribution in [0.3, 0.4) is 0 Å². The number of hydrogen-bond acceptors (Lipinski definition) is 1. The molecule has 0 saturated carbocycles. The number of imidazole rings is 1. The summed E-state index contributed by atoms with van der Waals surface area (Å²) in [4.78, 5) is 4.61. The van der Waals surface area contributed by atoms with Crippen molar-refractivity contribution in [2.75, 3.05) is 0 Å². The van der Waals surface area contributed by atoms with E-state index in [1.54, 1.807) is 0 Å². The first kappa shape index (κ1) is 27.7. The first-order valence-corrected chi connectivity index (χ1v) is 14.4. The molecule has 1 aromatic carbocycles. The Morgan fingerprint density at radius 1 is 0.576 bits per heavy atom. The van der Waals surface area contributed by atoms with Crippen molar-refractivity contribution in [1.29, 1.82) is 0 Å². The van der Waals surface area contributed by atoms with Crippen LogP contribution in [0.15, 0.2) is 42.7 Å². The van der Waals surface area contributed by atoms with Crippen LogP contribution in [-0.4, -0.2) is 9.55 Å². The lowest BCUT2D eigenvalue weighted by Crippen LogP contribution is -2.04. The van der Waals surface area contributed by atoms with Crippen molar-refractivity contribution >= 4 is 0 Å². The summed E-state index contributed by atoms with van der Waals surface area (Å²) in [5.74, 6) is 1.27. The van der Waals surface area contributed by atoms with E-state index >= 15 is 0 Å². The van der Waals surface area contributed by atoms with Crippen LogP contribution in [0.25, 0.3) is 0 Å². The minimum Gasteiger partial charge on any atom is -0.335 e. The topological polar surface area (TPSA) is 17.8 Å². The molecule has 0 aliphatic carbocycles. The molecule has 1 heterocycles. The Morgan fingerprint density at radius 3 is 1.64 bits per heavy atom. The lowest BCUT2D eigenvalue weighted by molar-refractivity contribution is 0.515. The molecule has 0 spiro atoms. The highest BCUT2D eigenvalue weighted by atomic mass is 15.1. The van der Waals surface area contributed by atoms with Crippen LogP contribution < -0.4 is 0 Å². The van der Waals surface area contributed by atoms with Gasteiger partial charge in [0.1, 0.15) is 5.82 Å². The normalized spacial score (nSPS) is 11.3. The maximum absolute atomic E-state index is 4.61. The number of unbranched alkanes of at least 4 members (excludes halogenated alkanes) is 16. The molecule has 2 aromatic rings. The zero-order valence-corrected chi connectivity index (χ0v) is 21.8. The Balaban J connectivity index is 1.35. The molecule has 0 saturated heterocycles. The fourth-order valence-corrected chi connectivity index (χ4v) is 4.87. The van der Waals surface area contributed by atoms with E-state index in [1.165, 1.54) is 127 Å². The standard InChI is InChI=1S/C31H52N2/c1-2-3-4-5-6-7-8-9-10-11-12-13-14-15-16-17-21-28-33-29-27-32-31(33)26-22-25-30-23-19-18-20-24-30/h18-20,23-24,27,29H,2-17,21-22,25-26,28H2,1H3. The highest BCUT2D eigenvalue weighted by Gasteiger charge is 2.03. The molecule has 0 unspecified atom stereocenters. The van der Waals surface area contributed by atoms with E-state index in [2.05, 4.69) is 53.0 Å². The van der Waals surface area contributed by atoms with Gasteiger partial charge in [-0.3, -0.25) is 0 Å². The van der Waals surface area contributed by atoms with Crippen LogP contribution in [-0.2, 0) is 19.4 Å². The van der Waals surface area contributed by atoms with Gasteiger partial charge in [-0.05, 0) is 24.8 Å². The van der Waals surface area contributed by atoms with Crippen LogP contribution in [0.1, 0.15) is 134 Å². The van der Waals surface area contributed by atoms with Gasteiger partial charge in [0.15, 0.2) is 0 Å². The summed E-state index contributed by atoms with van der Waals surface area (Å²) in [5, 5.41) is 0. The van der Waals surface area contributed by atoms with Gasteiger partial charge < -0.3 is 4.57 Å². The van der Waals surface area contributed by atoms with E-state index in [1.807, 2.05) is 6.20 Å². The van der Waals surface area contributed by atoms with Crippen LogP contribution >= 0.6 is 0 Å². The average Bonchev–Trinajstić information content (AvgIpc) is 3.29. The zero-order valence-electron chi connectivity index (χ0n) is 21.8. The molecule has 0 fully saturated rings. The third-order valence-electron chi connectivity index (χ3n) is 7.01. The van der Waals surface area contributed by atoms with Crippen LogP contribution in [0, 0.1) is 0 Å². The lowest BCUT2D eigenvalue weighted by Gasteiger charge is -2.08. The van der Waals surface area contributed by atoms with Gasteiger partial charge >= 0.3 is 0 Å². The van der Waals surface area contributed by atoms with Gasteiger partial charge in [0, 0.05) is 25.4 Å². The summed E-state index contributed by atoms with van der Waals surface area (Å²) in [6.07, 6.45) is 31.9. The Labute approximate surface area is 205 Å². The summed E-state index contributed by atoms with van der Waals surface area (Å²) < 4.78 is 2.39. The minimum atomic E-state index is 1.08. The molecule has 1 aromatic heterocycles. The van der Waals surface area contributed by atoms with Gasteiger partial charge in [0.05, 0.1) is 0 Å². The van der Waals surface area contributed by atoms with Gasteiger partial charge in [0.25, 0.3) is 0 Å². The second kappa shape index (κ2) is 19.9. The predicted molar refractivity (Wildman–Crippen MR) is 145 cm³/mol. The van der Waals surface area contributed by atoms with Crippen molar-refractivity contribution < 1.29 is 0 Å². The summed E-state index contributed by atoms with van der Waals surface area (Å²) >= 11 is 0. The van der Waals surface area contributed by atoms with Crippen molar-refractivity contribution in [3.8, 4) is 0 Å². The van der Waals surface area contributed by atoms with Gasteiger partial charge in [-0.1, -0.05) is 140 Å². The van der Waals surface area contributed by atoms with E-state index in [-0.39, 0.29) is 0 Å². The van der Waals surface area contributed by atoms with Crippen molar-refractivity contribution in [3.63, 3.8) is 0 Å². The number of aryl methyl sites for hydroxylation is 3. The largest absolute Gasteiger partial charge is 0.335 e. The minimum absolute atomic E-state index is 1.08. The molecule has 0 aliphatic rings. The fourth-order valence-electron chi connectivity index (χ4n) is 4.87. The van der Waals surface area contributed by atoms with E-state index in [9.17, 15) is 0 Å². The second-order valence-electron chi connectivity index (χ2n) is 10.0. The average molecular weight is 453 g/mol. The highest BCUT2D eigenvalue weighted by Crippen LogP contribution is 2.15. The molecule has 0 N–H and O–H groups in total. The summed E-state index contributed by atoms with van der Waals surface area (Å²) in [6, 6.07) is 10.8. The highest BCUT2D eigenvalue weighted by molar-refractivity contribution is 5.14. The second-order valence-corrected chi connectivity index (χ2v) is 10.0. The molecule has 0 radical (unpaired) electrons. The number of rotatable bonds is 22. The lowest BCUT2D eigenvalue weighted by atomic mass is 10.0. The van der Waals surface area contributed by atoms with Crippen molar-refractivity contribution in [2.45, 2.75) is 142 Å². The quantitative estimate of drug-likeness (QED) is 0.163. The summed E-state index contributed by atoms with van der Waals surface area (Å²) in [6.45, 7) is 3.44. The maximum Gasteiger partial charge on any atom is 0.108 e. The number of nitrogens with zero attached hydrogens (tertiary/aromatic N) is 2. The molecular formula is C31H52N2. The third kappa shape index (κ3) is 14.3. The van der Waals surface area contributed by atoms with E-state index in [0.29, 0.717) is 0 Å². The summed E-state index contributed by atoms with van der Waals surface area (Å²) in [7, 11) is 0. The van der Waals surface area contributed by atoms with E-state index in [0.717, 1.165) is 19.4 Å². The monoisotopic (exact) mass is 452 g/mol. The first-order valence-electron chi connectivity index (χ1n) is 14.4. The smallest absolute Gasteiger partial charge is 0.108 e. The zero-order chi connectivity index (χ0) is 23.2. The summed E-state index contributed by atoms with van der Waals surface area (Å²) in [5.41, 5.74) is 1.43. The first-order chi connectivity index (χ1) is 16.4. The Morgan fingerprint density at radius 2 is 1.09 bits per heavy atom. The van der Waals surface area contributed by atoms with Crippen molar-refractivity contribution in [1.82, 2.24) is 9.55 Å². The Bertz CT molecular complexity index is 661. The van der Waals surface area contributed by atoms with Crippen LogP contribution in [0.5, 0.6) is 0 Å². The maximum atomic E-state index is 4.61. The van der Waals surface area contributed by atoms with Crippen molar-refractivity contribution in [3.05, 3.63) is 54.1 Å². The molecule has 0 aliphatic heterocycles. The van der Waals surface area contributed by atoms with E-state index in [4.69, 9.17) is 0 Å². The fraction of sp³-hybridized carbons (Fsp3) is 0.710. The predicted octanol–water partition coefficient (Wildman–Crippen LogP) is 9.71. The molecule has 0 amide bonds. The van der Waals surface area contributed by atoms with E-state index < -0.39 is 0 Å². The molecule has 0 atom stereocenters. The van der Waals surface area contributed by atoms with Gasteiger partial charge in [0.2, 0.25) is 0 Å². The Hall–Kier alpha value is -1.57. The Kier molecular flexibility index (Phi) is 16.7. The van der Waals surface area contributed by atoms with Gasteiger partial charge in [-0.2, -0.15) is 0 Å². The van der Waals surface area contributed by atoms with Crippen molar-refractivity contribution in [2.24, 2.45) is 0 Å². The van der Waals surface area contributed by atoms with Gasteiger partial charge in [-0.25, -0.2) is 4.98 Å². The molecule has 2 nitrogen and oxygen atoms in total. The third-order valence-corrected chi connectivity index (χ3v) is 7.01. The van der Waals surface area contributed by atoms with Crippen LogP contribution in [0.4, 0.5) is 0 Å². The number of aromatic nitrogens is 2. The number of benzene rings is 1. The number of hydrogen-bond donors (Lipinski definition) is 0. The van der Waals surface area contributed by atoms with Crippen LogP contribution in [0.2, 0.25) is 0 Å². The molecule has 0 bridgehead atoms. The van der Waals surface area contributed by atoms with Gasteiger partial charge in [-0.15, -0.1) is 0 Å². The molecular weight excluding hydrogens is 400 g/mol.